The van der Waals surface area contributed by atoms with E-state index in [9.17, 15) is 17.6 Å². The first-order valence-corrected chi connectivity index (χ1v) is 14.6. The molecule has 3 aromatic rings. The second kappa shape index (κ2) is 12.1. The maximum Gasteiger partial charge on any atom is 0.400 e. The molecule has 2 aliphatic rings. The number of unbranched alkanes of at least 4 members (excludes halogenated alkanes) is 2. The number of fused-ring (bicyclic) bond motifs is 2. The molecule has 224 valence electrons. The second-order valence-electron chi connectivity index (χ2n) is 11.8. The predicted molar refractivity (Wildman–Crippen MR) is 145 cm³/mol. The van der Waals surface area contributed by atoms with Gasteiger partial charge in [-0.25, -0.2) is 22.0 Å². The van der Waals surface area contributed by atoms with Crippen LogP contribution in [0, 0.1) is 58.2 Å². The van der Waals surface area contributed by atoms with Crippen molar-refractivity contribution in [3.8, 4) is 11.8 Å². The zero-order chi connectivity index (χ0) is 30.2. The molecule has 42 heavy (non-hydrogen) atoms. The van der Waals surface area contributed by atoms with E-state index in [1.54, 1.807) is 12.1 Å². The Morgan fingerprint density at radius 1 is 0.857 bits per heavy atom. The van der Waals surface area contributed by atoms with Gasteiger partial charge < -0.3 is 4.74 Å². The number of alkyl halides is 2. The molecule has 2 saturated carbocycles. The van der Waals surface area contributed by atoms with Crippen LogP contribution in [0.5, 0.6) is 5.75 Å². The van der Waals surface area contributed by atoms with Crippen molar-refractivity contribution in [3.05, 3.63) is 76.1 Å². The smallest absolute Gasteiger partial charge is 0.400 e. The number of hydrogen-bond donors (Lipinski definition) is 0. The van der Waals surface area contributed by atoms with E-state index in [-0.39, 0.29) is 36.0 Å². The second-order valence-corrected chi connectivity index (χ2v) is 11.8. The van der Waals surface area contributed by atoms with Gasteiger partial charge in [-0.2, -0.15) is 14.0 Å². The number of halogens is 7. The molecule has 4 unspecified atom stereocenters. The Kier molecular flexibility index (Phi) is 8.73. The summed E-state index contributed by atoms with van der Waals surface area (Å²) in [5.41, 5.74) is -0.220. The first kappa shape index (κ1) is 30.2. The van der Waals surface area contributed by atoms with E-state index >= 15 is 13.2 Å². The molecule has 0 spiro atoms. The number of nitrogens with zero attached hydrogens (tertiary/aromatic N) is 1. The third-order valence-corrected chi connectivity index (χ3v) is 9.19. The van der Waals surface area contributed by atoms with Gasteiger partial charge in [0, 0.05) is 6.07 Å². The molecule has 0 saturated heterocycles. The molecule has 2 nitrogen and oxygen atoms in total. The van der Waals surface area contributed by atoms with Gasteiger partial charge in [-0.15, -0.1) is 0 Å². The van der Waals surface area contributed by atoms with Crippen molar-refractivity contribution < 1.29 is 35.5 Å². The number of ether oxygens (including phenoxy) is 1. The van der Waals surface area contributed by atoms with Crippen molar-refractivity contribution in [1.82, 2.24) is 0 Å². The molecule has 0 N–H and O–H groups in total. The summed E-state index contributed by atoms with van der Waals surface area (Å²) < 4.78 is 109. The van der Waals surface area contributed by atoms with Gasteiger partial charge >= 0.3 is 6.11 Å². The zero-order valence-electron chi connectivity index (χ0n) is 23.3. The highest BCUT2D eigenvalue weighted by Gasteiger charge is 2.48. The van der Waals surface area contributed by atoms with E-state index < -0.39 is 57.8 Å². The Morgan fingerprint density at radius 3 is 2.33 bits per heavy atom. The molecule has 0 bridgehead atoms. The average Bonchev–Trinajstić information content (AvgIpc) is 2.94. The number of rotatable bonds is 8. The molecule has 0 aromatic heterocycles. The van der Waals surface area contributed by atoms with Gasteiger partial charge in [-0.1, -0.05) is 31.9 Å². The quantitative estimate of drug-likeness (QED) is 0.193. The average molecular weight is 592 g/mol. The monoisotopic (exact) mass is 591 g/mol. The van der Waals surface area contributed by atoms with Gasteiger partial charge in [0.15, 0.2) is 17.5 Å². The fourth-order valence-electron chi connectivity index (χ4n) is 6.94. The van der Waals surface area contributed by atoms with E-state index in [2.05, 4.69) is 0 Å². The van der Waals surface area contributed by atoms with Gasteiger partial charge in [0.2, 0.25) is 0 Å². The Balaban J connectivity index is 1.25. The summed E-state index contributed by atoms with van der Waals surface area (Å²) in [5.74, 6) is -7.34. The van der Waals surface area contributed by atoms with Crippen molar-refractivity contribution in [2.75, 3.05) is 0 Å². The largest absolute Gasteiger partial charge is 0.432 e. The molecular weight excluding hydrogens is 559 g/mol. The Hall–Kier alpha value is -3.28. The first-order chi connectivity index (χ1) is 20.0. The van der Waals surface area contributed by atoms with Crippen molar-refractivity contribution in [1.29, 1.82) is 5.26 Å². The summed E-state index contributed by atoms with van der Waals surface area (Å²) in [6.07, 6.45) is 2.03. The summed E-state index contributed by atoms with van der Waals surface area (Å²) >= 11 is 0. The van der Waals surface area contributed by atoms with Crippen molar-refractivity contribution >= 4 is 10.8 Å². The van der Waals surface area contributed by atoms with Crippen LogP contribution in [0.3, 0.4) is 0 Å². The van der Waals surface area contributed by atoms with Crippen LogP contribution in [-0.4, -0.2) is 6.11 Å². The predicted octanol–water partition coefficient (Wildman–Crippen LogP) is 10.1. The molecule has 3 aromatic carbocycles. The van der Waals surface area contributed by atoms with E-state index in [0.29, 0.717) is 55.4 Å². The lowest BCUT2D eigenvalue weighted by Gasteiger charge is -2.43. The summed E-state index contributed by atoms with van der Waals surface area (Å²) in [7, 11) is 0. The molecule has 0 heterocycles. The normalized spacial score (nSPS) is 22.5. The highest BCUT2D eigenvalue weighted by Crippen LogP contribution is 2.51. The molecule has 0 radical (unpaired) electrons. The van der Waals surface area contributed by atoms with Crippen molar-refractivity contribution in [3.63, 3.8) is 0 Å². The molecule has 5 rings (SSSR count). The molecule has 0 amide bonds. The van der Waals surface area contributed by atoms with Crippen LogP contribution in [0.4, 0.5) is 30.7 Å². The Labute approximate surface area is 240 Å². The van der Waals surface area contributed by atoms with Crippen molar-refractivity contribution in [2.45, 2.75) is 83.2 Å². The van der Waals surface area contributed by atoms with Crippen LogP contribution in [0.15, 0.2) is 30.3 Å². The number of nitriles is 1. The van der Waals surface area contributed by atoms with Crippen LogP contribution in [0.1, 0.15) is 87.3 Å². The number of benzene rings is 3. The summed E-state index contributed by atoms with van der Waals surface area (Å²) in [5, 5.41) is 7.90. The standard InChI is InChI=1S/C33H32F7NO/c1-2-3-4-5-18-9-11-25(32(38)30(18)36)21-7-6-20-13-23(10-8-19(20)12-21)33(39,40)42-24-14-22-15-27(34)26(17-41)31(37)29(22)28(35)16-24/h9,11,14-16,19-21,23H,2-8,10,12-13H2,1H3. The highest BCUT2D eigenvalue weighted by atomic mass is 19.3. The highest BCUT2D eigenvalue weighted by molar-refractivity contribution is 5.86. The van der Waals surface area contributed by atoms with Crippen LogP contribution in [0.2, 0.25) is 0 Å². The lowest BCUT2D eigenvalue weighted by Crippen LogP contribution is -2.41. The first-order valence-electron chi connectivity index (χ1n) is 14.6. The minimum Gasteiger partial charge on any atom is -0.432 e. The minimum atomic E-state index is -3.67. The van der Waals surface area contributed by atoms with Gasteiger partial charge in [0.05, 0.1) is 11.3 Å². The summed E-state index contributed by atoms with van der Waals surface area (Å²) in [6, 6.07) is 6.93. The van der Waals surface area contributed by atoms with Crippen LogP contribution < -0.4 is 4.74 Å². The fourth-order valence-corrected chi connectivity index (χ4v) is 6.94. The van der Waals surface area contributed by atoms with E-state index in [4.69, 9.17) is 10.00 Å². The number of aryl methyl sites for hydroxylation is 1. The maximum absolute atomic E-state index is 15.3. The minimum absolute atomic E-state index is 0.0448. The number of hydrogen-bond acceptors (Lipinski definition) is 2. The third-order valence-electron chi connectivity index (χ3n) is 9.19. The van der Waals surface area contributed by atoms with E-state index in [0.717, 1.165) is 25.3 Å². The zero-order valence-corrected chi connectivity index (χ0v) is 23.3. The SMILES string of the molecule is CCCCCc1ccc(C2CCC3CC(C(F)(F)Oc4cc(F)c5c(F)c(C#N)c(F)cc5c4)CCC3C2)c(F)c1F. The topological polar surface area (TPSA) is 33.0 Å². The third kappa shape index (κ3) is 5.82. The van der Waals surface area contributed by atoms with Crippen molar-refractivity contribution in [2.24, 2.45) is 17.8 Å². The Bertz CT molecular complexity index is 1510. The molecule has 2 aliphatic carbocycles. The van der Waals surface area contributed by atoms with Gasteiger partial charge in [-0.3, -0.25) is 0 Å². The van der Waals surface area contributed by atoms with Gasteiger partial charge in [-0.05, 0) is 97.8 Å². The molecule has 9 heteroatoms. The lowest BCUT2D eigenvalue weighted by molar-refractivity contribution is -0.228. The van der Waals surface area contributed by atoms with E-state index in [1.807, 2.05) is 6.92 Å². The molecular formula is C33H32F7NO. The maximum atomic E-state index is 15.3. The molecule has 2 fully saturated rings. The lowest BCUT2D eigenvalue weighted by atomic mass is 9.63. The van der Waals surface area contributed by atoms with Crippen LogP contribution in [0.25, 0.3) is 10.8 Å². The fraction of sp³-hybridized carbons (Fsp3) is 0.485. The van der Waals surface area contributed by atoms with E-state index in [1.165, 1.54) is 6.07 Å². The Morgan fingerprint density at radius 2 is 1.60 bits per heavy atom. The molecule has 0 aliphatic heterocycles. The molecule has 4 atom stereocenters. The summed E-state index contributed by atoms with van der Waals surface area (Å²) in [6.45, 7) is 2.05. The van der Waals surface area contributed by atoms with Crippen LogP contribution >= 0.6 is 0 Å². The summed E-state index contributed by atoms with van der Waals surface area (Å²) in [4.78, 5) is 0. The van der Waals surface area contributed by atoms with Gasteiger partial charge in [0.1, 0.15) is 29.0 Å². The van der Waals surface area contributed by atoms with Gasteiger partial charge in [0.25, 0.3) is 0 Å². The van der Waals surface area contributed by atoms with Crippen LogP contribution in [-0.2, 0) is 6.42 Å².